The van der Waals surface area contributed by atoms with E-state index in [1.54, 1.807) is 50.1 Å². The van der Waals surface area contributed by atoms with Crippen LogP contribution in [0.15, 0.2) is 53.8 Å². The predicted molar refractivity (Wildman–Crippen MR) is 103 cm³/mol. The van der Waals surface area contributed by atoms with Crippen molar-refractivity contribution in [3.05, 3.63) is 59.3 Å². The van der Waals surface area contributed by atoms with Crippen LogP contribution in [0, 0.1) is 0 Å². The second kappa shape index (κ2) is 9.73. The summed E-state index contributed by atoms with van der Waals surface area (Å²) in [5, 5.41) is 0. The molecule has 1 aliphatic heterocycles. The summed E-state index contributed by atoms with van der Waals surface area (Å²) in [7, 11) is 1.57. The van der Waals surface area contributed by atoms with E-state index in [0.29, 0.717) is 42.4 Å². The van der Waals surface area contributed by atoms with Gasteiger partial charge in [-0.3, -0.25) is 4.79 Å². The van der Waals surface area contributed by atoms with Gasteiger partial charge in [-0.25, -0.2) is 4.79 Å². The molecule has 0 radical (unpaired) electrons. The number of amides is 1. The third kappa shape index (κ3) is 4.86. The fourth-order valence-electron chi connectivity index (χ4n) is 2.76. The van der Waals surface area contributed by atoms with Crippen molar-refractivity contribution in [2.75, 3.05) is 33.5 Å². The van der Waals surface area contributed by atoms with Gasteiger partial charge >= 0.3 is 5.97 Å². The number of methoxy groups -OCH3 is 1. The fourth-order valence-corrected chi connectivity index (χ4v) is 2.76. The molecular weight excluding hydrogens is 346 g/mol. The quantitative estimate of drug-likeness (QED) is 0.379. The first kappa shape index (κ1) is 20.5. The molecule has 0 atom stereocenters. The number of carbonyl (C=O) groups is 2. The van der Waals surface area contributed by atoms with E-state index >= 15 is 0 Å². The van der Waals surface area contributed by atoms with Crippen molar-refractivity contribution in [1.29, 1.82) is 0 Å². The zero-order valence-electron chi connectivity index (χ0n) is 16.0. The summed E-state index contributed by atoms with van der Waals surface area (Å²) < 4.78 is 15.7. The third-order valence-electron chi connectivity index (χ3n) is 4.07. The number of hydrogen-bond acceptors (Lipinski definition) is 5. The van der Waals surface area contributed by atoms with Crippen LogP contribution in [-0.2, 0) is 19.1 Å². The Labute approximate surface area is 159 Å². The summed E-state index contributed by atoms with van der Waals surface area (Å²) >= 11 is 0. The molecule has 0 saturated heterocycles. The van der Waals surface area contributed by atoms with Gasteiger partial charge in [0.25, 0.3) is 5.91 Å². The number of carbonyl (C=O) groups excluding carboxylic acids is 2. The van der Waals surface area contributed by atoms with Crippen LogP contribution in [0.4, 0.5) is 0 Å². The molecule has 6 heteroatoms. The first-order chi connectivity index (χ1) is 13.0. The zero-order valence-corrected chi connectivity index (χ0v) is 16.0. The Bertz CT molecular complexity index is 761. The number of benzene rings is 1. The molecule has 6 nitrogen and oxygen atoms in total. The molecule has 1 aromatic carbocycles. The highest BCUT2D eigenvalue weighted by Gasteiger charge is 2.36. The first-order valence-electron chi connectivity index (χ1n) is 8.78. The molecule has 0 bridgehead atoms. The van der Waals surface area contributed by atoms with Crippen molar-refractivity contribution < 1.29 is 23.8 Å². The Morgan fingerprint density at radius 1 is 1.26 bits per heavy atom. The summed E-state index contributed by atoms with van der Waals surface area (Å²) in [5.41, 5.74) is 1.98. The summed E-state index contributed by atoms with van der Waals surface area (Å²) in [6.45, 7) is 8.50. The average Bonchev–Trinajstić information content (AvgIpc) is 2.89. The van der Waals surface area contributed by atoms with E-state index in [0.717, 1.165) is 5.56 Å². The molecule has 144 valence electrons. The van der Waals surface area contributed by atoms with Crippen LogP contribution in [-0.4, -0.2) is 50.3 Å². The van der Waals surface area contributed by atoms with Crippen molar-refractivity contribution in [2.24, 2.45) is 0 Å². The van der Waals surface area contributed by atoms with E-state index in [4.69, 9.17) is 14.2 Å². The van der Waals surface area contributed by atoms with Crippen molar-refractivity contribution in [1.82, 2.24) is 4.90 Å². The molecule has 1 amide bonds. The largest absolute Gasteiger partial charge is 0.490 e. The van der Waals surface area contributed by atoms with E-state index in [9.17, 15) is 9.59 Å². The van der Waals surface area contributed by atoms with E-state index in [1.807, 2.05) is 12.1 Å². The van der Waals surface area contributed by atoms with E-state index in [-0.39, 0.29) is 12.5 Å². The van der Waals surface area contributed by atoms with Gasteiger partial charge in [-0.15, -0.1) is 0 Å². The van der Waals surface area contributed by atoms with Crippen LogP contribution < -0.4 is 4.74 Å². The molecular formula is C21H25NO5. The second-order valence-corrected chi connectivity index (χ2v) is 5.86. The van der Waals surface area contributed by atoms with E-state index in [1.165, 1.54) is 0 Å². The number of rotatable bonds is 9. The van der Waals surface area contributed by atoms with Crippen LogP contribution in [0.5, 0.6) is 5.75 Å². The zero-order chi connectivity index (χ0) is 19.8. The average molecular weight is 371 g/mol. The Balaban J connectivity index is 2.36. The Morgan fingerprint density at radius 3 is 2.56 bits per heavy atom. The van der Waals surface area contributed by atoms with Gasteiger partial charge < -0.3 is 19.1 Å². The molecule has 2 rings (SSSR count). The number of nitrogens with zero attached hydrogens (tertiary/aromatic N) is 1. The van der Waals surface area contributed by atoms with Crippen molar-refractivity contribution in [2.45, 2.75) is 13.8 Å². The lowest BCUT2D eigenvalue weighted by Gasteiger charge is -2.16. The highest BCUT2D eigenvalue weighted by molar-refractivity contribution is 6.16. The normalized spacial score (nSPS) is 15.4. The SMILES string of the molecule is C=CCOc1ccc(/C=C2/C(=O)N(CCOC)C(C)=C2C(=O)OCC)cc1. The van der Waals surface area contributed by atoms with Gasteiger partial charge in [0.15, 0.2) is 0 Å². The van der Waals surface area contributed by atoms with Gasteiger partial charge in [-0.1, -0.05) is 24.8 Å². The highest BCUT2D eigenvalue weighted by atomic mass is 16.5. The molecule has 0 unspecified atom stereocenters. The molecule has 27 heavy (non-hydrogen) atoms. The topological polar surface area (TPSA) is 65.1 Å². The van der Waals surface area contributed by atoms with Gasteiger partial charge in [-0.2, -0.15) is 0 Å². The lowest BCUT2D eigenvalue weighted by molar-refractivity contribution is -0.138. The van der Waals surface area contributed by atoms with E-state index < -0.39 is 5.97 Å². The van der Waals surface area contributed by atoms with Crippen LogP contribution in [0.1, 0.15) is 19.4 Å². The first-order valence-corrected chi connectivity index (χ1v) is 8.78. The van der Waals surface area contributed by atoms with Gasteiger partial charge in [0.1, 0.15) is 12.4 Å². The van der Waals surface area contributed by atoms with Crippen molar-refractivity contribution >= 4 is 18.0 Å². The van der Waals surface area contributed by atoms with Crippen LogP contribution in [0.3, 0.4) is 0 Å². The molecule has 1 aromatic rings. The van der Waals surface area contributed by atoms with Crippen LogP contribution >= 0.6 is 0 Å². The highest BCUT2D eigenvalue weighted by Crippen LogP contribution is 2.31. The predicted octanol–water partition coefficient (Wildman–Crippen LogP) is 2.96. The second-order valence-electron chi connectivity index (χ2n) is 5.86. The number of esters is 1. The minimum atomic E-state index is -0.500. The summed E-state index contributed by atoms with van der Waals surface area (Å²) in [5.74, 6) is -0.0334. The maximum atomic E-state index is 12.9. The molecule has 0 spiro atoms. The lowest BCUT2D eigenvalue weighted by atomic mass is 10.0. The summed E-state index contributed by atoms with van der Waals surface area (Å²) in [6.07, 6.45) is 3.36. The van der Waals surface area contributed by atoms with Crippen molar-refractivity contribution in [3.8, 4) is 5.75 Å². The van der Waals surface area contributed by atoms with Gasteiger partial charge in [0, 0.05) is 19.4 Å². The molecule has 0 fully saturated rings. The third-order valence-corrected chi connectivity index (χ3v) is 4.07. The molecule has 1 heterocycles. The summed E-state index contributed by atoms with van der Waals surface area (Å²) in [6, 6.07) is 7.26. The van der Waals surface area contributed by atoms with Crippen molar-refractivity contribution in [3.63, 3.8) is 0 Å². The minimum absolute atomic E-state index is 0.236. The molecule has 0 N–H and O–H groups in total. The maximum Gasteiger partial charge on any atom is 0.340 e. The number of ether oxygens (including phenoxy) is 3. The smallest absolute Gasteiger partial charge is 0.340 e. The molecule has 1 aliphatic rings. The minimum Gasteiger partial charge on any atom is -0.490 e. The molecule has 0 saturated carbocycles. The molecule has 0 aliphatic carbocycles. The van der Waals surface area contributed by atoms with Gasteiger partial charge in [0.2, 0.25) is 0 Å². The van der Waals surface area contributed by atoms with Gasteiger partial charge in [0.05, 0.1) is 24.4 Å². The number of hydrogen-bond donors (Lipinski definition) is 0. The monoisotopic (exact) mass is 371 g/mol. The summed E-state index contributed by atoms with van der Waals surface area (Å²) in [4.78, 5) is 26.8. The Hall–Kier alpha value is -2.86. The number of allylic oxidation sites excluding steroid dienone is 1. The Morgan fingerprint density at radius 2 is 1.96 bits per heavy atom. The molecule has 0 aromatic heterocycles. The van der Waals surface area contributed by atoms with Crippen LogP contribution in [0.2, 0.25) is 0 Å². The Kier molecular flexibility index (Phi) is 7.37. The standard InChI is InChI=1S/C21H25NO5/c1-5-12-27-17-9-7-16(8-10-17)14-18-19(21(24)26-6-2)15(3)22(20(18)23)11-13-25-4/h5,7-10,14H,1,6,11-13H2,2-4H3/b18-14+. The van der Waals surface area contributed by atoms with Crippen LogP contribution in [0.25, 0.3) is 6.08 Å². The van der Waals surface area contributed by atoms with Gasteiger partial charge in [-0.05, 0) is 37.6 Å². The fraction of sp³-hybridized carbons (Fsp3) is 0.333. The maximum absolute atomic E-state index is 12.9. The van der Waals surface area contributed by atoms with E-state index in [2.05, 4.69) is 6.58 Å². The lowest BCUT2D eigenvalue weighted by Crippen LogP contribution is -2.28.